The van der Waals surface area contributed by atoms with Gasteiger partial charge in [0.25, 0.3) is 15.5 Å². The molecule has 0 aliphatic heterocycles. The fourth-order valence-corrected chi connectivity index (χ4v) is 3.07. The Kier molecular flexibility index (Phi) is 4.31. The molecule has 17 heavy (non-hydrogen) atoms. The van der Waals surface area contributed by atoms with Gasteiger partial charge in [0.1, 0.15) is 0 Å². The highest BCUT2D eigenvalue weighted by Crippen LogP contribution is 2.33. The summed E-state index contributed by atoms with van der Waals surface area (Å²) in [5.41, 5.74) is -1.02. The van der Waals surface area contributed by atoms with E-state index in [-0.39, 0.29) is 17.0 Å². The van der Waals surface area contributed by atoms with E-state index in [1.165, 1.54) is 0 Å². The van der Waals surface area contributed by atoms with E-state index in [4.69, 9.17) is 27.5 Å². The van der Waals surface area contributed by atoms with Crippen molar-refractivity contribution in [3.05, 3.63) is 28.8 Å². The summed E-state index contributed by atoms with van der Waals surface area (Å²) in [5, 5.41) is 8.64. The van der Waals surface area contributed by atoms with Crippen LogP contribution in [0.3, 0.4) is 0 Å². The van der Waals surface area contributed by atoms with Gasteiger partial charge < -0.3 is 0 Å². The van der Waals surface area contributed by atoms with Crippen LogP contribution < -0.4 is 0 Å². The Balaban J connectivity index is 3.72. The highest BCUT2D eigenvalue weighted by molar-refractivity contribution is 8.13. The van der Waals surface area contributed by atoms with E-state index in [1.54, 1.807) is 6.07 Å². The second-order valence-electron chi connectivity index (χ2n) is 3.04. The number of alkyl halides is 3. The van der Waals surface area contributed by atoms with Crippen molar-refractivity contribution in [2.75, 3.05) is 0 Å². The van der Waals surface area contributed by atoms with Gasteiger partial charge in [0.15, 0.2) is 0 Å². The first-order valence-corrected chi connectivity index (χ1v) is 7.01. The standard InChI is InChI=1S/C9H5Cl2F2NO2S/c10-3-6-1-5(4-14)2-7(9(12)13)8(6)17(11,15)16/h1-2,9H,3H2. The molecule has 0 fully saturated rings. The minimum absolute atomic E-state index is 0.0972. The number of rotatable bonds is 3. The first kappa shape index (κ1) is 14.2. The topological polar surface area (TPSA) is 57.9 Å². The third-order valence-electron chi connectivity index (χ3n) is 1.95. The predicted molar refractivity (Wildman–Crippen MR) is 58.7 cm³/mol. The minimum Gasteiger partial charge on any atom is -0.207 e. The molecule has 1 rings (SSSR count). The van der Waals surface area contributed by atoms with Crippen LogP contribution in [0.5, 0.6) is 0 Å². The van der Waals surface area contributed by atoms with Crippen molar-refractivity contribution < 1.29 is 17.2 Å². The summed E-state index contributed by atoms with van der Waals surface area (Å²) in [6.07, 6.45) is -3.06. The summed E-state index contributed by atoms with van der Waals surface area (Å²) in [4.78, 5) is -0.719. The molecule has 0 spiro atoms. The minimum atomic E-state index is -4.35. The van der Waals surface area contributed by atoms with Crippen molar-refractivity contribution in [3.8, 4) is 6.07 Å². The highest BCUT2D eigenvalue weighted by Gasteiger charge is 2.26. The molecule has 0 radical (unpaired) electrons. The third-order valence-corrected chi connectivity index (χ3v) is 3.68. The van der Waals surface area contributed by atoms with Crippen molar-refractivity contribution in [2.24, 2.45) is 0 Å². The molecule has 0 atom stereocenters. The Morgan fingerprint density at radius 3 is 2.35 bits per heavy atom. The second-order valence-corrected chi connectivity index (χ2v) is 5.81. The van der Waals surface area contributed by atoms with E-state index >= 15 is 0 Å². The number of hydrogen-bond acceptors (Lipinski definition) is 3. The van der Waals surface area contributed by atoms with Crippen LogP contribution in [0.25, 0.3) is 0 Å². The lowest BCUT2D eigenvalue weighted by Crippen LogP contribution is -2.04. The largest absolute Gasteiger partial charge is 0.265 e. The number of nitrogens with zero attached hydrogens (tertiary/aromatic N) is 1. The van der Waals surface area contributed by atoms with Gasteiger partial charge in [0, 0.05) is 22.1 Å². The molecule has 0 bridgehead atoms. The lowest BCUT2D eigenvalue weighted by atomic mass is 10.1. The first-order valence-electron chi connectivity index (χ1n) is 4.17. The molecule has 0 aromatic heterocycles. The van der Waals surface area contributed by atoms with Crippen LogP contribution in [0.2, 0.25) is 0 Å². The lowest BCUT2D eigenvalue weighted by Gasteiger charge is -2.10. The Labute approximate surface area is 106 Å². The molecule has 3 nitrogen and oxygen atoms in total. The number of nitriles is 1. The highest BCUT2D eigenvalue weighted by atomic mass is 35.7. The summed E-state index contributed by atoms with van der Waals surface area (Å²) in [6, 6.07) is 3.55. The molecule has 0 aliphatic rings. The summed E-state index contributed by atoms with van der Waals surface area (Å²) in [6.45, 7) is 0. The van der Waals surface area contributed by atoms with E-state index in [0.717, 1.165) is 12.1 Å². The van der Waals surface area contributed by atoms with Gasteiger partial charge in [-0.05, 0) is 17.7 Å². The summed E-state index contributed by atoms with van der Waals surface area (Å²) in [5.74, 6) is -0.337. The van der Waals surface area contributed by atoms with E-state index < -0.39 is 25.9 Å². The quantitative estimate of drug-likeness (QED) is 0.636. The summed E-state index contributed by atoms with van der Waals surface area (Å²) >= 11 is 5.47. The van der Waals surface area contributed by atoms with Crippen LogP contribution in [-0.4, -0.2) is 8.42 Å². The molecule has 0 N–H and O–H groups in total. The van der Waals surface area contributed by atoms with Gasteiger partial charge in [0.05, 0.1) is 16.5 Å². The van der Waals surface area contributed by atoms with Crippen LogP contribution in [0, 0.1) is 11.3 Å². The third kappa shape index (κ3) is 3.06. The Bertz CT molecular complexity index is 581. The average molecular weight is 300 g/mol. The fraction of sp³-hybridized carbons (Fsp3) is 0.222. The van der Waals surface area contributed by atoms with E-state index in [1.807, 2.05) is 0 Å². The zero-order valence-electron chi connectivity index (χ0n) is 8.12. The van der Waals surface area contributed by atoms with Crippen LogP contribution in [0.4, 0.5) is 8.78 Å². The zero-order valence-corrected chi connectivity index (χ0v) is 10.5. The van der Waals surface area contributed by atoms with Crippen LogP contribution in [0.1, 0.15) is 23.1 Å². The molecule has 1 aromatic carbocycles. The predicted octanol–water partition coefficient (Wildman–Crippen LogP) is 3.16. The maximum Gasteiger partial charge on any atom is 0.265 e. The number of halogens is 4. The van der Waals surface area contributed by atoms with Gasteiger partial charge in [-0.25, -0.2) is 17.2 Å². The molecule has 0 unspecified atom stereocenters. The maximum atomic E-state index is 12.7. The van der Waals surface area contributed by atoms with Gasteiger partial charge in [-0.2, -0.15) is 5.26 Å². The lowest BCUT2D eigenvalue weighted by molar-refractivity contribution is 0.148. The van der Waals surface area contributed by atoms with Crippen LogP contribution in [-0.2, 0) is 14.9 Å². The monoisotopic (exact) mass is 299 g/mol. The molecular formula is C9H5Cl2F2NO2S. The van der Waals surface area contributed by atoms with E-state index in [2.05, 4.69) is 0 Å². The Morgan fingerprint density at radius 2 is 2.00 bits per heavy atom. The van der Waals surface area contributed by atoms with Crippen molar-refractivity contribution in [2.45, 2.75) is 17.2 Å². The van der Waals surface area contributed by atoms with Gasteiger partial charge in [-0.3, -0.25) is 0 Å². The molecule has 0 heterocycles. The van der Waals surface area contributed by atoms with Crippen LogP contribution in [0.15, 0.2) is 17.0 Å². The molecule has 92 valence electrons. The fourth-order valence-electron chi connectivity index (χ4n) is 1.34. The Hall–Kier alpha value is -0.900. The van der Waals surface area contributed by atoms with E-state index in [0.29, 0.717) is 0 Å². The summed E-state index contributed by atoms with van der Waals surface area (Å²) in [7, 11) is 0.737. The number of benzene rings is 1. The van der Waals surface area contributed by atoms with E-state index in [9.17, 15) is 17.2 Å². The van der Waals surface area contributed by atoms with Gasteiger partial charge in [-0.15, -0.1) is 11.6 Å². The smallest absolute Gasteiger partial charge is 0.207 e. The zero-order chi connectivity index (χ0) is 13.2. The van der Waals surface area contributed by atoms with Gasteiger partial charge >= 0.3 is 0 Å². The average Bonchev–Trinajstić information content (AvgIpc) is 2.25. The SMILES string of the molecule is N#Cc1cc(CCl)c(S(=O)(=O)Cl)c(C(F)F)c1. The molecule has 1 aromatic rings. The molecule has 8 heteroatoms. The summed E-state index contributed by atoms with van der Waals surface area (Å²) < 4.78 is 47.9. The Morgan fingerprint density at radius 1 is 1.41 bits per heavy atom. The molecule has 0 saturated heterocycles. The first-order chi connectivity index (χ1) is 7.81. The van der Waals surface area contributed by atoms with Crippen LogP contribution >= 0.6 is 22.3 Å². The van der Waals surface area contributed by atoms with Gasteiger partial charge in [0.2, 0.25) is 0 Å². The van der Waals surface area contributed by atoms with Crippen molar-refractivity contribution in [1.82, 2.24) is 0 Å². The molecule has 0 saturated carbocycles. The van der Waals surface area contributed by atoms with Crippen molar-refractivity contribution in [1.29, 1.82) is 5.26 Å². The molecule has 0 aliphatic carbocycles. The normalized spacial score (nSPS) is 11.5. The van der Waals surface area contributed by atoms with Gasteiger partial charge in [-0.1, -0.05) is 0 Å². The molecular weight excluding hydrogens is 295 g/mol. The number of hydrogen-bond donors (Lipinski definition) is 0. The van der Waals surface area contributed by atoms with Crippen molar-refractivity contribution in [3.63, 3.8) is 0 Å². The second kappa shape index (κ2) is 5.17. The van der Waals surface area contributed by atoms with Crippen molar-refractivity contribution >= 4 is 31.3 Å². The molecule has 0 amide bonds. The maximum absolute atomic E-state index is 12.7.